The molecule has 0 radical (unpaired) electrons. The minimum absolute atomic E-state index is 0. The van der Waals surface area contributed by atoms with Gasteiger partial charge in [-0.3, -0.25) is 14.9 Å². The van der Waals surface area contributed by atoms with Crippen LogP contribution in [0.5, 0.6) is 5.75 Å². The van der Waals surface area contributed by atoms with Crippen LogP contribution >= 0.6 is 0 Å². The van der Waals surface area contributed by atoms with E-state index in [4.69, 9.17) is 4.74 Å². The Bertz CT molecular complexity index is 1010. The molecule has 7 heteroatoms. The van der Waals surface area contributed by atoms with E-state index in [0.717, 1.165) is 44.3 Å². The fraction of sp³-hybridized carbons (Fsp3) is 0.464. The molecular formula is C28H36N2O5. The quantitative estimate of drug-likeness (QED) is 0.636. The second kappa shape index (κ2) is 11.5. The molecule has 2 aliphatic carbocycles. The second-order valence-electron chi connectivity index (χ2n) is 9.76. The van der Waals surface area contributed by atoms with Gasteiger partial charge in [0, 0.05) is 12.8 Å². The number of nitrogens with one attached hydrogen (secondary N) is 2. The topological polar surface area (TPSA) is 116 Å². The van der Waals surface area contributed by atoms with Crippen LogP contribution in [-0.2, 0) is 9.59 Å². The smallest absolute Gasteiger partial charge is 0.322 e. The molecule has 4 N–H and O–H groups in total. The van der Waals surface area contributed by atoms with Crippen molar-refractivity contribution in [3.63, 3.8) is 0 Å². The van der Waals surface area contributed by atoms with E-state index in [9.17, 15) is 14.4 Å². The molecule has 5 rings (SSSR count). The number of carbonyl (C=O) groups excluding carboxylic acids is 3. The highest BCUT2D eigenvalue weighted by molar-refractivity contribution is 6.07. The summed E-state index contributed by atoms with van der Waals surface area (Å²) in [5.74, 6) is 2.18. The molecule has 1 heterocycles. The van der Waals surface area contributed by atoms with Crippen LogP contribution in [0, 0.1) is 6.92 Å². The molecule has 0 bridgehead atoms. The number of benzene rings is 2. The number of urea groups is 1. The molecule has 7 nitrogen and oxygen atoms in total. The van der Waals surface area contributed by atoms with Gasteiger partial charge in [-0.2, -0.15) is 0 Å². The standard InChI is InChI=1S/C15H18N2O3.C13H16O.H2O/c1-20-12-4-2-10(3-5-12)11-6-8-15(9-7-11)13(18)16-14(19)17-15;1-10-2-4-11(5-3-10)12-6-8-13(14)9-7-12;/h2-5,11H,6-9H2,1H3,(H2,16,17,18,19);2-5,12H,6-9H2,1H3;1H2. The molecule has 0 unspecified atom stereocenters. The largest absolute Gasteiger partial charge is 0.497 e. The minimum Gasteiger partial charge on any atom is -0.497 e. The summed E-state index contributed by atoms with van der Waals surface area (Å²) < 4.78 is 5.16. The van der Waals surface area contributed by atoms with Crippen molar-refractivity contribution in [2.45, 2.75) is 75.7 Å². The van der Waals surface area contributed by atoms with Crippen molar-refractivity contribution >= 4 is 17.7 Å². The molecule has 188 valence electrons. The molecule has 2 aromatic carbocycles. The number of aryl methyl sites for hydroxylation is 1. The van der Waals surface area contributed by atoms with Crippen LogP contribution in [0.3, 0.4) is 0 Å². The van der Waals surface area contributed by atoms with E-state index in [1.165, 1.54) is 16.7 Å². The summed E-state index contributed by atoms with van der Waals surface area (Å²) in [6, 6.07) is 16.4. The Balaban J connectivity index is 0.000000202. The van der Waals surface area contributed by atoms with Crippen LogP contribution in [0.25, 0.3) is 0 Å². The van der Waals surface area contributed by atoms with Gasteiger partial charge in [-0.15, -0.1) is 0 Å². The molecule has 0 aromatic heterocycles. The fourth-order valence-corrected chi connectivity index (χ4v) is 5.31. The molecule has 1 spiro atoms. The number of methoxy groups -OCH3 is 1. The van der Waals surface area contributed by atoms with Crippen LogP contribution in [0.15, 0.2) is 48.5 Å². The van der Waals surface area contributed by atoms with Crippen LogP contribution in [0.2, 0.25) is 0 Å². The number of imide groups is 1. The third kappa shape index (κ3) is 6.28. The zero-order valence-corrected chi connectivity index (χ0v) is 20.6. The van der Waals surface area contributed by atoms with E-state index in [1.807, 2.05) is 12.1 Å². The van der Waals surface area contributed by atoms with Gasteiger partial charge in [-0.1, -0.05) is 42.0 Å². The predicted octanol–water partition coefficient (Wildman–Crippen LogP) is 4.33. The first kappa shape index (κ1) is 26.4. The number of hydrogen-bond acceptors (Lipinski definition) is 4. The van der Waals surface area contributed by atoms with Crippen molar-refractivity contribution in [3.05, 3.63) is 65.2 Å². The number of rotatable bonds is 3. The van der Waals surface area contributed by atoms with Crippen molar-refractivity contribution in [2.24, 2.45) is 0 Å². The molecule has 3 aliphatic rings. The van der Waals surface area contributed by atoms with Crippen LogP contribution in [-0.4, -0.2) is 35.8 Å². The van der Waals surface area contributed by atoms with Crippen LogP contribution in [0.1, 0.15) is 79.9 Å². The normalized spacial score (nSPS) is 24.1. The molecular weight excluding hydrogens is 444 g/mol. The first-order chi connectivity index (χ1) is 16.4. The maximum absolute atomic E-state index is 11.9. The monoisotopic (exact) mass is 480 g/mol. The van der Waals surface area contributed by atoms with Gasteiger partial charge in [0.05, 0.1) is 7.11 Å². The number of ether oxygens (including phenoxy) is 1. The first-order valence-electron chi connectivity index (χ1n) is 12.2. The zero-order valence-electron chi connectivity index (χ0n) is 20.6. The molecule has 1 aliphatic heterocycles. The maximum Gasteiger partial charge on any atom is 0.322 e. The molecule has 2 aromatic rings. The molecule has 3 fully saturated rings. The Labute approximate surface area is 206 Å². The Morgan fingerprint density at radius 2 is 1.31 bits per heavy atom. The summed E-state index contributed by atoms with van der Waals surface area (Å²) in [5.41, 5.74) is 3.31. The van der Waals surface area contributed by atoms with Gasteiger partial charge >= 0.3 is 6.03 Å². The van der Waals surface area contributed by atoms with E-state index in [1.54, 1.807) is 7.11 Å². The summed E-state index contributed by atoms with van der Waals surface area (Å²) >= 11 is 0. The van der Waals surface area contributed by atoms with Crippen molar-refractivity contribution in [1.82, 2.24) is 10.6 Å². The van der Waals surface area contributed by atoms with Gasteiger partial charge in [0.15, 0.2) is 0 Å². The van der Waals surface area contributed by atoms with Crippen molar-refractivity contribution in [2.75, 3.05) is 7.11 Å². The molecule has 3 amide bonds. The lowest BCUT2D eigenvalue weighted by Crippen LogP contribution is -2.49. The number of hydrogen-bond donors (Lipinski definition) is 2. The Kier molecular flexibility index (Phi) is 8.67. The Morgan fingerprint density at radius 1 is 0.800 bits per heavy atom. The highest BCUT2D eigenvalue weighted by atomic mass is 16.5. The fourth-order valence-electron chi connectivity index (χ4n) is 5.31. The summed E-state index contributed by atoms with van der Waals surface area (Å²) in [7, 11) is 1.65. The van der Waals surface area contributed by atoms with E-state index < -0.39 is 5.54 Å². The lowest BCUT2D eigenvalue weighted by molar-refractivity contribution is -0.125. The molecule has 1 saturated heterocycles. The molecule has 2 saturated carbocycles. The summed E-state index contributed by atoms with van der Waals surface area (Å²) in [4.78, 5) is 34.3. The first-order valence-corrected chi connectivity index (χ1v) is 12.2. The van der Waals surface area contributed by atoms with Crippen molar-refractivity contribution in [3.8, 4) is 5.75 Å². The molecule has 35 heavy (non-hydrogen) atoms. The lowest BCUT2D eigenvalue weighted by Gasteiger charge is -2.34. The van der Waals surface area contributed by atoms with Gasteiger partial charge in [0.25, 0.3) is 5.91 Å². The summed E-state index contributed by atoms with van der Waals surface area (Å²) in [5, 5.41) is 5.13. The van der Waals surface area contributed by atoms with E-state index in [0.29, 0.717) is 30.5 Å². The van der Waals surface area contributed by atoms with E-state index in [-0.39, 0.29) is 17.4 Å². The number of ketones is 1. The van der Waals surface area contributed by atoms with Gasteiger partial charge in [-0.05, 0) is 80.5 Å². The summed E-state index contributed by atoms with van der Waals surface area (Å²) in [6.45, 7) is 2.11. The predicted molar refractivity (Wildman–Crippen MR) is 135 cm³/mol. The van der Waals surface area contributed by atoms with E-state index >= 15 is 0 Å². The Morgan fingerprint density at radius 3 is 1.80 bits per heavy atom. The van der Waals surface area contributed by atoms with Gasteiger partial charge in [-0.25, -0.2) is 4.79 Å². The summed E-state index contributed by atoms with van der Waals surface area (Å²) in [6.07, 6.45) is 6.84. The van der Waals surface area contributed by atoms with Gasteiger partial charge in [0.1, 0.15) is 17.1 Å². The number of Topliss-reactive ketones (excluding diaryl/α,β-unsaturated/α-hetero) is 1. The second-order valence-corrected chi connectivity index (χ2v) is 9.76. The molecule has 0 atom stereocenters. The zero-order chi connectivity index (χ0) is 24.1. The van der Waals surface area contributed by atoms with Crippen molar-refractivity contribution in [1.29, 1.82) is 0 Å². The van der Waals surface area contributed by atoms with Crippen LogP contribution < -0.4 is 15.4 Å². The van der Waals surface area contributed by atoms with Gasteiger partial charge < -0.3 is 15.5 Å². The maximum atomic E-state index is 11.9. The minimum atomic E-state index is -0.667. The van der Waals surface area contributed by atoms with Gasteiger partial charge in [0.2, 0.25) is 0 Å². The number of carbonyl (C=O) groups is 3. The van der Waals surface area contributed by atoms with Crippen molar-refractivity contribution < 1.29 is 24.6 Å². The Hall–Kier alpha value is -3.19. The number of amides is 3. The average Bonchev–Trinajstić information content (AvgIpc) is 3.13. The van der Waals surface area contributed by atoms with E-state index in [2.05, 4.69) is 54.0 Å². The van der Waals surface area contributed by atoms with Crippen LogP contribution in [0.4, 0.5) is 4.79 Å². The lowest BCUT2D eigenvalue weighted by atomic mass is 9.74. The highest BCUT2D eigenvalue weighted by Gasteiger charge is 2.48. The highest BCUT2D eigenvalue weighted by Crippen LogP contribution is 2.39. The SMILES string of the molecule is COc1ccc(C2CCC3(CC2)NC(=O)NC3=O)cc1.Cc1ccc(C2CCC(=O)CC2)cc1.O. The third-order valence-corrected chi connectivity index (χ3v) is 7.53. The third-order valence-electron chi connectivity index (χ3n) is 7.53. The average molecular weight is 481 g/mol.